The molecule has 4 heteroatoms. The summed E-state index contributed by atoms with van der Waals surface area (Å²) in [6.07, 6.45) is 1.95. The van der Waals surface area contributed by atoms with E-state index in [9.17, 15) is 4.79 Å². The maximum atomic E-state index is 12.8. The fourth-order valence-corrected chi connectivity index (χ4v) is 3.71. The van der Waals surface area contributed by atoms with Crippen LogP contribution in [-0.2, 0) is 6.54 Å². The minimum atomic E-state index is -0.0314. The summed E-state index contributed by atoms with van der Waals surface area (Å²) in [5.74, 6) is 0. The highest BCUT2D eigenvalue weighted by atomic mass is 32.2. The van der Waals surface area contributed by atoms with Gasteiger partial charge in [0.25, 0.3) is 5.56 Å². The largest absolute Gasteiger partial charge is 0.283 e. The Kier molecular flexibility index (Phi) is 4.59. The minimum absolute atomic E-state index is 0.0314. The molecule has 0 N–H and O–H groups in total. The second kappa shape index (κ2) is 7.18. The second-order valence-electron chi connectivity index (χ2n) is 6.06. The van der Waals surface area contributed by atoms with Crippen LogP contribution in [0.2, 0.25) is 0 Å². The molecule has 0 aliphatic heterocycles. The van der Waals surface area contributed by atoms with E-state index in [1.165, 1.54) is 22.5 Å². The summed E-state index contributed by atoms with van der Waals surface area (Å²) < 4.78 is 1.75. The molecule has 0 saturated heterocycles. The van der Waals surface area contributed by atoms with Gasteiger partial charge in [0.1, 0.15) is 0 Å². The van der Waals surface area contributed by atoms with Gasteiger partial charge in [-0.25, -0.2) is 4.98 Å². The van der Waals surface area contributed by atoms with Gasteiger partial charge in [0.15, 0.2) is 5.16 Å². The van der Waals surface area contributed by atoms with Gasteiger partial charge < -0.3 is 0 Å². The highest BCUT2D eigenvalue weighted by Gasteiger charge is 2.11. The van der Waals surface area contributed by atoms with E-state index in [-0.39, 0.29) is 5.56 Å². The zero-order chi connectivity index (χ0) is 17.9. The van der Waals surface area contributed by atoms with Crippen LogP contribution in [0, 0.1) is 0 Å². The first-order valence-corrected chi connectivity index (χ1v) is 9.66. The molecule has 0 spiro atoms. The first-order valence-electron chi connectivity index (χ1n) is 8.44. The molecule has 4 rings (SSSR count). The van der Waals surface area contributed by atoms with Crippen molar-refractivity contribution in [1.29, 1.82) is 0 Å². The average Bonchev–Trinajstić information content (AvgIpc) is 2.70. The van der Waals surface area contributed by atoms with E-state index in [1.54, 1.807) is 10.6 Å². The van der Waals surface area contributed by atoms with Crippen LogP contribution in [0.1, 0.15) is 5.56 Å². The van der Waals surface area contributed by atoms with E-state index < -0.39 is 0 Å². The number of hydrogen-bond acceptors (Lipinski definition) is 3. The fraction of sp³-hybridized carbons (Fsp3) is 0.0909. The molecule has 1 aromatic heterocycles. The highest BCUT2D eigenvalue weighted by molar-refractivity contribution is 7.98. The molecule has 0 bridgehead atoms. The Balaban J connectivity index is 1.80. The molecule has 3 nitrogen and oxygen atoms in total. The van der Waals surface area contributed by atoms with Gasteiger partial charge in [-0.15, -0.1) is 0 Å². The Morgan fingerprint density at radius 3 is 2.46 bits per heavy atom. The Hall–Kier alpha value is -2.85. The van der Waals surface area contributed by atoms with Crippen LogP contribution in [0.4, 0.5) is 0 Å². The van der Waals surface area contributed by atoms with Crippen molar-refractivity contribution in [3.8, 4) is 11.3 Å². The van der Waals surface area contributed by atoms with Crippen LogP contribution in [-0.4, -0.2) is 15.8 Å². The van der Waals surface area contributed by atoms with E-state index in [1.807, 2.05) is 54.8 Å². The van der Waals surface area contributed by atoms with Gasteiger partial charge in [-0.3, -0.25) is 9.36 Å². The van der Waals surface area contributed by atoms with Crippen LogP contribution in [0.15, 0.2) is 88.8 Å². The van der Waals surface area contributed by atoms with E-state index in [2.05, 4.69) is 24.3 Å². The summed E-state index contributed by atoms with van der Waals surface area (Å²) in [4.78, 5) is 17.6. The normalized spacial score (nSPS) is 11.0. The van der Waals surface area contributed by atoms with Gasteiger partial charge in [0.2, 0.25) is 0 Å². The first kappa shape index (κ1) is 16.6. The summed E-state index contributed by atoms with van der Waals surface area (Å²) >= 11 is 1.49. The lowest BCUT2D eigenvalue weighted by Crippen LogP contribution is -2.23. The summed E-state index contributed by atoms with van der Waals surface area (Å²) in [6, 6.07) is 25.9. The molecule has 0 atom stereocenters. The predicted octanol–water partition coefficient (Wildman–Crippen LogP) is 4.83. The van der Waals surface area contributed by atoms with Gasteiger partial charge in [-0.05, 0) is 22.6 Å². The average molecular weight is 358 g/mol. The van der Waals surface area contributed by atoms with Gasteiger partial charge in [-0.1, -0.05) is 84.6 Å². The molecule has 0 unspecified atom stereocenters. The van der Waals surface area contributed by atoms with E-state index >= 15 is 0 Å². The quantitative estimate of drug-likeness (QED) is 0.387. The fourth-order valence-electron chi connectivity index (χ4n) is 3.14. The van der Waals surface area contributed by atoms with Crippen molar-refractivity contribution in [3.63, 3.8) is 0 Å². The molecular formula is C22H18N2OS. The standard InChI is InChI=1S/C22H18N2OS/c1-26-22-23-20(17-9-3-2-4-10-17)14-21(25)24(22)15-18-12-7-11-16-8-5-6-13-19(16)18/h2-14H,15H2,1H3. The van der Waals surface area contributed by atoms with E-state index in [0.717, 1.165) is 16.3 Å². The molecule has 26 heavy (non-hydrogen) atoms. The highest BCUT2D eigenvalue weighted by Crippen LogP contribution is 2.22. The van der Waals surface area contributed by atoms with Crippen molar-refractivity contribution in [1.82, 2.24) is 9.55 Å². The van der Waals surface area contributed by atoms with Crippen LogP contribution in [0.25, 0.3) is 22.0 Å². The molecule has 0 saturated carbocycles. The molecule has 0 amide bonds. The molecule has 0 fully saturated rings. The van der Waals surface area contributed by atoms with Crippen molar-refractivity contribution in [2.24, 2.45) is 0 Å². The molecule has 0 aliphatic rings. The molecule has 0 radical (unpaired) electrons. The molecule has 0 aliphatic carbocycles. The van der Waals surface area contributed by atoms with Crippen LogP contribution in [0.3, 0.4) is 0 Å². The number of nitrogens with zero attached hydrogens (tertiary/aromatic N) is 2. The van der Waals surface area contributed by atoms with Crippen LogP contribution in [0.5, 0.6) is 0 Å². The summed E-state index contributed by atoms with van der Waals surface area (Å²) in [7, 11) is 0. The Morgan fingerprint density at radius 1 is 0.923 bits per heavy atom. The SMILES string of the molecule is CSc1nc(-c2ccccc2)cc(=O)n1Cc1cccc2ccccc12. The molecule has 128 valence electrons. The third-order valence-corrected chi connectivity index (χ3v) is 5.11. The zero-order valence-corrected chi connectivity index (χ0v) is 15.2. The monoisotopic (exact) mass is 358 g/mol. The van der Waals surface area contributed by atoms with Gasteiger partial charge in [-0.2, -0.15) is 0 Å². The lowest BCUT2D eigenvalue weighted by atomic mass is 10.0. The van der Waals surface area contributed by atoms with Crippen molar-refractivity contribution in [3.05, 3.63) is 94.8 Å². The van der Waals surface area contributed by atoms with Crippen molar-refractivity contribution in [2.45, 2.75) is 11.7 Å². The third-order valence-electron chi connectivity index (χ3n) is 4.43. The summed E-state index contributed by atoms with van der Waals surface area (Å²) in [6.45, 7) is 0.512. The molecule has 1 heterocycles. The lowest BCUT2D eigenvalue weighted by Gasteiger charge is -2.13. The smallest absolute Gasteiger partial charge is 0.255 e. The topological polar surface area (TPSA) is 34.9 Å². The van der Waals surface area contributed by atoms with E-state index in [0.29, 0.717) is 12.2 Å². The molecular weight excluding hydrogens is 340 g/mol. The van der Waals surface area contributed by atoms with Crippen molar-refractivity contribution < 1.29 is 0 Å². The predicted molar refractivity (Wildman–Crippen MR) is 109 cm³/mol. The van der Waals surface area contributed by atoms with E-state index in [4.69, 9.17) is 4.98 Å². The number of benzene rings is 3. The molecule has 4 aromatic rings. The summed E-state index contributed by atoms with van der Waals surface area (Å²) in [5.41, 5.74) is 2.76. The Bertz CT molecular complexity index is 1110. The maximum Gasteiger partial charge on any atom is 0.255 e. The zero-order valence-electron chi connectivity index (χ0n) is 14.4. The second-order valence-corrected chi connectivity index (χ2v) is 6.83. The number of aromatic nitrogens is 2. The minimum Gasteiger partial charge on any atom is -0.283 e. The first-order chi connectivity index (χ1) is 12.8. The summed E-state index contributed by atoms with van der Waals surface area (Å²) in [5, 5.41) is 3.07. The van der Waals surface area contributed by atoms with Gasteiger partial charge >= 0.3 is 0 Å². The van der Waals surface area contributed by atoms with Crippen molar-refractivity contribution in [2.75, 3.05) is 6.26 Å². The number of thioether (sulfide) groups is 1. The van der Waals surface area contributed by atoms with Crippen LogP contribution >= 0.6 is 11.8 Å². The number of hydrogen-bond donors (Lipinski definition) is 0. The number of fused-ring (bicyclic) bond motifs is 1. The molecule has 3 aromatic carbocycles. The maximum absolute atomic E-state index is 12.8. The number of rotatable bonds is 4. The van der Waals surface area contributed by atoms with Crippen LogP contribution < -0.4 is 5.56 Å². The third kappa shape index (κ3) is 3.16. The lowest BCUT2D eigenvalue weighted by molar-refractivity contribution is 0.650. The Labute approximate surface area is 156 Å². The van der Waals surface area contributed by atoms with Gasteiger partial charge in [0, 0.05) is 11.6 Å². The Morgan fingerprint density at radius 2 is 1.65 bits per heavy atom. The van der Waals surface area contributed by atoms with Crippen molar-refractivity contribution >= 4 is 22.5 Å². The van der Waals surface area contributed by atoms with Gasteiger partial charge in [0.05, 0.1) is 12.2 Å².